The van der Waals surface area contributed by atoms with Gasteiger partial charge in [0.05, 0.1) is 23.3 Å². The molecular formula is C22H27BrN6O2. The van der Waals surface area contributed by atoms with Crippen molar-refractivity contribution in [3.8, 4) is 0 Å². The monoisotopic (exact) mass is 486 g/mol. The first-order valence-corrected chi connectivity index (χ1v) is 11.4. The lowest BCUT2D eigenvalue weighted by molar-refractivity contribution is -0.117. The predicted octanol–water partition coefficient (Wildman–Crippen LogP) is 4.03. The van der Waals surface area contributed by atoms with Crippen molar-refractivity contribution in [3.63, 3.8) is 0 Å². The van der Waals surface area contributed by atoms with Gasteiger partial charge in [-0.2, -0.15) is 9.61 Å². The highest BCUT2D eigenvalue weighted by atomic mass is 79.9. The number of carbonyl (C=O) groups is 1. The summed E-state index contributed by atoms with van der Waals surface area (Å²) < 4.78 is 2.54. The molecule has 1 saturated carbocycles. The van der Waals surface area contributed by atoms with E-state index in [-0.39, 0.29) is 24.5 Å². The zero-order chi connectivity index (χ0) is 21.8. The van der Waals surface area contributed by atoms with E-state index in [2.05, 4.69) is 48.9 Å². The Morgan fingerprint density at radius 1 is 1.32 bits per heavy atom. The summed E-state index contributed by atoms with van der Waals surface area (Å²) in [5, 5.41) is 23.7. The summed E-state index contributed by atoms with van der Waals surface area (Å²) in [5.74, 6) is 1.77. The molecule has 1 fully saturated rings. The van der Waals surface area contributed by atoms with Gasteiger partial charge in [-0.1, -0.05) is 25.5 Å². The van der Waals surface area contributed by atoms with Gasteiger partial charge in [0.2, 0.25) is 5.91 Å². The second kappa shape index (κ2) is 9.65. The molecule has 1 aromatic carbocycles. The van der Waals surface area contributed by atoms with Crippen molar-refractivity contribution >= 4 is 44.8 Å². The molecule has 31 heavy (non-hydrogen) atoms. The molecule has 1 atom stereocenters. The molecule has 8 nitrogen and oxygen atoms in total. The van der Waals surface area contributed by atoms with Gasteiger partial charge in [-0.05, 0) is 52.9 Å². The van der Waals surface area contributed by atoms with E-state index < -0.39 is 0 Å². The highest BCUT2D eigenvalue weighted by molar-refractivity contribution is 9.10. The molecule has 0 aliphatic heterocycles. The van der Waals surface area contributed by atoms with E-state index in [1.54, 1.807) is 10.7 Å². The third kappa shape index (κ3) is 5.34. The summed E-state index contributed by atoms with van der Waals surface area (Å²) >= 11 is 3.50. The number of aromatic nitrogens is 3. The van der Waals surface area contributed by atoms with Gasteiger partial charge in [0, 0.05) is 24.2 Å². The number of fused-ring (bicyclic) bond motifs is 1. The fraction of sp³-hybridized carbons (Fsp3) is 0.409. The van der Waals surface area contributed by atoms with Crippen LogP contribution in [0.3, 0.4) is 0 Å². The standard InChI is InChI=1S/C22H27BrN6O2/c1-2-3-17(13-30)26-19-10-20(29-21(28-19)18(23)12-25-29)24-11-14-4-8-16(9-5-14)27-22(31)15-6-7-15/h4-5,8-10,12,15,17,24,30H,2-3,6-7,11,13H2,1H3,(H,26,28)(H,27,31)/t17-/m0/s1. The van der Waals surface area contributed by atoms with Crippen LogP contribution in [0.4, 0.5) is 17.3 Å². The number of amides is 1. The summed E-state index contributed by atoms with van der Waals surface area (Å²) in [6, 6.07) is 9.69. The van der Waals surface area contributed by atoms with Crippen LogP contribution in [0.1, 0.15) is 38.2 Å². The van der Waals surface area contributed by atoms with Crippen LogP contribution in [-0.4, -0.2) is 38.3 Å². The van der Waals surface area contributed by atoms with Gasteiger partial charge >= 0.3 is 0 Å². The molecule has 164 valence electrons. The van der Waals surface area contributed by atoms with Crippen molar-refractivity contribution in [1.29, 1.82) is 0 Å². The van der Waals surface area contributed by atoms with Gasteiger partial charge < -0.3 is 21.1 Å². The van der Waals surface area contributed by atoms with Gasteiger partial charge in [0.15, 0.2) is 5.65 Å². The first-order valence-electron chi connectivity index (χ1n) is 10.6. The fourth-order valence-electron chi connectivity index (χ4n) is 3.39. The fourth-order valence-corrected chi connectivity index (χ4v) is 3.74. The largest absolute Gasteiger partial charge is 0.394 e. The van der Waals surface area contributed by atoms with Gasteiger partial charge in [0.1, 0.15) is 11.6 Å². The van der Waals surface area contributed by atoms with Crippen LogP contribution in [0.15, 0.2) is 41.0 Å². The van der Waals surface area contributed by atoms with Crippen molar-refractivity contribution < 1.29 is 9.90 Å². The minimum Gasteiger partial charge on any atom is -0.394 e. The van der Waals surface area contributed by atoms with Crippen molar-refractivity contribution in [3.05, 3.63) is 46.6 Å². The van der Waals surface area contributed by atoms with E-state index in [4.69, 9.17) is 0 Å². The van der Waals surface area contributed by atoms with E-state index in [1.807, 2.05) is 30.3 Å². The Hall–Kier alpha value is -2.65. The average Bonchev–Trinajstić information content (AvgIpc) is 3.56. The smallest absolute Gasteiger partial charge is 0.227 e. The molecule has 1 aliphatic rings. The van der Waals surface area contributed by atoms with Crippen LogP contribution in [0, 0.1) is 5.92 Å². The van der Waals surface area contributed by atoms with Crippen LogP contribution in [-0.2, 0) is 11.3 Å². The number of aliphatic hydroxyl groups is 1. The minimum absolute atomic E-state index is 0.0482. The molecule has 4 N–H and O–H groups in total. The molecule has 1 amide bonds. The summed E-state index contributed by atoms with van der Waals surface area (Å²) in [6.45, 7) is 2.73. The number of hydrogen-bond acceptors (Lipinski definition) is 6. The SMILES string of the molecule is CCC[C@@H](CO)Nc1cc(NCc2ccc(NC(=O)C3CC3)cc2)n2ncc(Br)c2n1. The maximum absolute atomic E-state index is 11.9. The number of benzene rings is 1. The number of hydrogen-bond donors (Lipinski definition) is 4. The Morgan fingerprint density at radius 3 is 2.77 bits per heavy atom. The lowest BCUT2D eigenvalue weighted by Gasteiger charge is -2.17. The summed E-state index contributed by atoms with van der Waals surface area (Å²) in [4.78, 5) is 16.5. The molecule has 0 radical (unpaired) electrons. The zero-order valence-corrected chi connectivity index (χ0v) is 19.0. The molecule has 4 rings (SSSR count). The highest BCUT2D eigenvalue weighted by Crippen LogP contribution is 2.30. The van der Waals surface area contributed by atoms with Crippen LogP contribution >= 0.6 is 15.9 Å². The second-order valence-corrected chi connectivity index (χ2v) is 8.74. The number of halogens is 1. The predicted molar refractivity (Wildman–Crippen MR) is 125 cm³/mol. The first-order chi connectivity index (χ1) is 15.1. The van der Waals surface area contributed by atoms with Crippen LogP contribution < -0.4 is 16.0 Å². The Morgan fingerprint density at radius 2 is 2.10 bits per heavy atom. The normalized spacial score (nSPS) is 14.4. The van der Waals surface area contributed by atoms with Crippen molar-refractivity contribution in [2.75, 3.05) is 22.6 Å². The molecule has 0 bridgehead atoms. The summed E-state index contributed by atoms with van der Waals surface area (Å²) in [5.41, 5.74) is 2.59. The highest BCUT2D eigenvalue weighted by Gasteiger charge is 2.29. The Kier molecular flexibility index (Phi) is 6.72. The lowest BCUT2D eigenvalue weighted by Crippen LogP contribution is -2.24. The van der Waals surface area contributed by atoms with Gasteiger partial charge in [-0.3, -0.25) is 4.79 Å². The number of nitrogens with one attached hydrogen (secondary N) is 3. The van der Waals surface area contributed by atoms with E-state index in [0.29, 0.717) is 18.0 Å². The number of anilines is 3. The molecule has 0 saturated heterocycles. The van der Waals surface area contributed by atoms with Crippen molar-refractivity contribution in [2.24, 2.45) is 5.92 Å². The van der Waals surface area contributed by atoms with Gasteiger partial charge in [-0.15, -0.1) is 0 Å². The average molecular weight is 487 g/mol. The zero-order valence-electron chi connectivity index (χ0n) is 17.4. The number of carbonyl (C=O) groups excluding carboxylic acids is 1. The van der Waals surface area contributed by atoms with Crippen LogP contribution in [0.2, 0.25) is 0 Å². The Labute approximate surface area is 189 Å². The molecule has 9 heteroatoms. The van der Waals surface area contributed by atoms with E-state index in [9.17, 15) is 9.90 Å². The number of aliphatic hydroxyl groups excluding tert-OH is 1. The molecule has 1 aliphatic carbocycles. The number of rotatable bonds is 10. The molecule has 2 heterocycles. The third-order valence-electron chi connectivity index (χ3n) is 5.28. The maximum atomic E-state index is 11.9. The topological polar surface area (TPSA) is 104 Å². The van der Waals surface area contributed by atoms with Crippen LogP contribution in [0.5, 0.6) is 0 Å². The third-order valence-corrected chi connectivity index (χ3v) is 5.84. The first kappa shape index (κ1) is 21.6. The van der Waals surface area contributed by atoms with Crippen LogP contribution in [0.25, 0.3) is 5.65 Å². The Balaban J connectivity index is 1.47. The lowest BCUT2D eigenvalue weighted by atomic mass is 10.2. The van der Waals surface area contributed by atoms with E-state index >= 15 is 0 Å². The molecular weight excluding hydrogens is 460 g/mol. The van der Waals surface area contributed by atoms with Gasteiger partial charge in [0.25, 0.3) is 0 Å². The molecule has 2 aromatic heterocycles. The Bertz CT molecular complexity index is 1050. The summed E-state index contributed by atoms with van der Waals surface area (Å²) in [7, 11) is 0. The minimum atomic E-state index is -0.0482. The molecule has 0 unspecified atom stereocenters. The van der Waals surface area contributed by atoms with Crippen molar-refractivity contribution in [2.45, 2.75) is 45.2 Å². The van der Waals surface area contributed by atoms with E-state index in [1.165, 1.54) is 0 Å². The van der Waals surface area contributed by atoms with Gasteiger partial charge in [-0.25, -0.2) is 4.98 Å². The molecule has 3 aromatic rings. The summed E-state index contributed by atoms with van der Waals surface area (Å²) in [6.07, 6.45) is 5.53. The second-order valence-electron chi connectivity index (χ2n) is 7.88. The van der Waals surface area contributed by atoms with E-state index in [0.717, 1.165) is 47.2 Å². The maximum Gasteiger partial charge on any atom is 0.227 e. The quantitative estimate of drug-likeness (QED) is 0.345. The number of nitrogens with zero attached hydrogens (tertiary/aromatic N) is 3. The van der Waals surface area contributed by atoms with Crippen molar-refractivity contribution in [1.82, 2.24) is 14.6 Å². The molecule has 0 spiro atoms.